The average molecular weight is 117 g/mol. The Hall–Kier alpha value is -0.550. The molecule has 1 heterocycles. The molecule has 0 amide bonds. The van der Waals surface area contributed by atoms with Crippen molar-refractivity contribution in [3.05, 3.63) is 0 Å². The maximum absolute atomic E-state index is 4.61. The van der Waals surface area contributed by atoms with Gasteiger partial charge in [-0.15, -0.1) is 10.2 Å². The second kappa shape index (κ2) is 1.51. The summed E-state index contributed by atoms with van der Waals surface area (Å²) in [5.41, 5.74) is 5.28. The van der Waals surface area contributed by atoms with Gasteiger partial charge >= 0.3 is 0 Å². The van der Waals surface area contributed by atoms with E-state index < -0.39 is 0 Å². The molecule has 0 bridgehead atoms. The van der Waals surface area contributed by atoms with Gasteiger partial charge in [0.2, 0.25) is 5.17 Å². The van der Waals surface area contributed by atoms with Crippen LogP contribution >= 0.6 is 12.6 Å². The molecule has 39 valence electrons. The fourth-order valence-corrected chi connectivity index (χ4v) is 0.492. The summed E-state index contributed by atoms with van der Waals surface area (Å²) in [4.78, 5) is 0. The molecule has 0 saturated heterocycles. The molecule has 1 rings (SSSR count). The van der Waals surface area contributed by atoms with Crippen molar-refractivity contribution in [3.8, 4) is 0 Å². The van der Waals surface area contributed by atoms with E-state index >= 15 is 0 Å². The van der Waals surface area contributed by atoms with E-state index in [1.54, 1.807) is 12.2 Å². The largest absolute Gasteiger partial charge is 0.274 e. The van der Waals surface area contributed by atoms with E-state index in [-0.39, 0.29) is 0 Å². The maximum atomic E-state index is 4.61. The van der Waals surface area contributed by atoms with Crippen molar-refractivity contribution in [2.24, 2.45) is 5.10 Å². The second-order valence-electron chi connectivity index (χ2n) is 1.19. The molecule has 0 fully saturated rings. The van der Waals surface area contributed by atoms with Crippen LogP contribution in [0.2, 0.25) is 0 Å². The first-order valence-electron chi connectivity index (χ1n) is 1.80. The standard InChI is InChI=1S/C2H5N4S/c1-6-4-2(7)3-5-6/h5H,1H3,(H,3,4). The molecule has 0 spiro atoms. The Bertz CT molecular complexity index is 99.9. The van der Waals surface area contributed by atoms with Gasteiger partial charge in [-0.25, -0.2) is 5.53 Å². The summed E-state index contributed by atoms with van der Waals surface area (Å²) in [5, 5.41) is 5.66. The third kappa shape index (κ3) is 0.908. The number of rotatable bonds is 0. The Morgan fingerprint density at radius 1 is 1.86 bits per heavy atom. The highest BCUT2D eigenvalue weighted by atomic mass is 32.1. The third-order valence-electron chi connectivity index (χ3n) is 0.565. The molecule has 7 heavy (non-hydrogen) atoms. The number of hydrazine groups is 2. The second-order valence-corrected chi connectivity index (χ2v) is 1.57. The van der Waals surface area contributed by atoms with Crippen molar-refractivity contribution in [1.29, 1.82) is 0 Å². The third-order valence-corrected chi connectivity index (χ3v) is 0.747. The first-order valence-corrected chi connectivity index (χ1v) is 2.20. The monoisotopic (exact) mass is 117 g/mol. The lowest BCUT2D eigenvalue weighted by Gasteiger charge is -2.04. The van der Waals surface area contributed by atoms with Crippen LogP contribution in [-0.2, 0) is 0 Å². The summed E-state index contributed by atoms with van der Waals surface area (Å²) in [6, 6.07) is 0. The number of nitrogens with zero attached hydrogens (tertiary/aromatic N) is 2. The molecule has 0 unspecified atom stereocenters. The Labute approximate surface area is 46.9 Å². The van der Waals surface area contributed by atoms with Crippen molar-refractivity contribution in [1.82, 2.24) is 16.1 Å². The summed E-state index contributed by atoms with van der Waals surface area (Å²) < 4.78 is 0. The summed E-state index contributed by atoms with van der Waals surface area (Å²) >= 11 is 4.61. The number of hydrogen-bond acceptors (Lipinski definition) is 4. The van der Waals surface area contributed by atoms with Gasteiger partial charge < -0.3 is 0 Å². The van der Waals surface area contributed by atoms with Crippen LogP contribution in [0.3, 0.4) is 0 Å². The lowest BCUT2D eigenvalue weighted by Crippen LogP contribution is -2.36. The van der Waals surface area contributed by atoms with Crippen LogP contribution in [0.15, 0.2) is 5.10 Å². The summed E-state index contributed by atoms with van der Waals surface area (Å²) in [6.45, 7) is 0. The molecule has 0 aromatic heterocycles. The van der Waals surface area contributed by atoms with Gasteiger partial charge in [0.1, 0.15) is 0 Å². The number of amidine groups is 1. The Morgan fingerprint density at radius 3 is 2.71 bits per heavy atom. The molecule has 5 heteroatoms. The number of hydrogen-bond donors (Lipinski definition) is 2. The normalized spacial score (nSPS) is 20.4. The lowest BCUT2D eigenvalue weighted by molar-refractivity contribution is 0.232. The van der Waals surface area contributed by atoms with Gasteiger partial charge in [0.05, 0.1) is 0 Å². The van der Waals surface area contributed by atoms with Crippen LogP contribution in [0, 0.1) is 0 Å². The van der Waals surface area contributed by atoms with Gasteiger partial charge in [-0.05, 0) is 12.6 Å². The molecular formula is C2H5N4S. The van der Waals surface area contributed by atoms with Crippen molar-refractivity contribution < 1.29 is 0 Å². The van der Waals surface area contributed by atoms with Gasteiger partial charge in [-0.2, -0.15) is 0 Å². The summed E-state index contributed by atoms with van der Waals surface area (Å²) in [5.74, 6) is 0. The van der Waals surface area contributed by atoms with Crippen molar-refractivity contribution >= 4 is 17.8 Å². The van der Waals surface area contributed by atoms with Gasteiger partial charge in [-0.3, -0.25) is 5.43 Å². The zero-order chi connectivity index (χ0) is 5.28. The van der Waals surface area contributed by atoms with Crippen molar-refractivity contribution in [3.63, 3.8) is 0 Å². The van der Waals surface area contributed by atoms with Crippen LogP contribution in [0.4, 0.5) is 0 Å². The van der Waals surface area contributed by atoms with Crippen molar-refractivity contribution in [2.75, 3.05) is 7.05 Å². The van der Waals surface area contributed by atoms with E-state index in [0.717, 1.165) is 0 Å². The lowest BCUT2D eigenvalue weighted by atomic mass is 11.3. The highest BCUT2D eigenvalue weighted by Gasteiger charge is 2.03. The maximum Gasteiger partial charge on any atom is 0.228 e. The molecule has 1 aliphatic heterocycles. The molecule has 0 aromatic carbocycles. The van der Waals surface area contributed by atoms with E-state index in [1.807, 2.05) is 0 Å². The van der Waals surface area contributed by atoms with Gasteiger partial charge in [0.15, 0.2) is 0 Å². The van der Waals surface area contributed by atoms with Gasteiger partial charge in [-0.1, -0.05) is 0 Å². The van der Waals surface area contributed by atoms with E-state index in [1.165, 1.54) is 0 Å². The van der Waals surface area contributed by atoms with Crippen LogP contribution in [-0.4, -0.2) is 17.3 Å². The zero-order valence-corrected chi connectivity index (χ0v) is 4.62. The van der Waals surface area contributed by atoms with E-state index in [2.05, 4.69) is 28.7 Å². The minimum absolute atomic E-state index is 0.475. The Balaban J connectivity index is 2.42. The Kier molecular flexibility index (Phi) is 0.994. The number of nitrogens with one attached hydrogen (secondary N) is 2. The van der Waals surface area contributed by atoms with E-state index in [0.29, 0.717) is 5.17 Å². The minimum atomic E-state index is 0.475. The van der Waals surface area contributed by atoms with Gasteiger partial charge in [0, 0.05) is 7.05 Å². The molecule has 1 aliphatic rings. The van der Waals surface area contributed by atoms with Crippen LogP contribution in [0.5, 0.6) is 0 Å². The topological polar surface area (TPSA) is 39.7 Å². The number of hydrazone groups is 1. The first kappa shape index (κ1) is 4.61. The molecular weight excluding hydrogens is 112 g/mol. The van der Waals surface area contributed by atoms with Crippen LogP contribution < -0.4 is 11.0 Å². The molecule has 0 aliphatic carbocycles. The smallest absolute Gasteiger partial charge is 0.228 e. The highest BCUT2D eigenvalue weighted by Crippen LogP contribution is 1.84. The highest BCUT2D eigenvalue weighted by molar-refractivity contribution is 7.96. The predicted octanol–water partition coefficient (Wildman–Crippen LogP) is -0.591. The first-order chi connectivity index (χ1) is 3.29. The molecule has 2 N–H and O–H groups in total. The summed E-state index contributed by atoms with van der Waals surface area (Å²) in [7, 11) is 1.78. The SMILES string of the molecule is CN1NN=C([S])N1. The fourth-order valence-electron chi connectivity index (χ4n) is 0.314. The van der Waals surface area contributed by atoms with Gasteiger partial charge in [0.25, 0.3) is 0 Å². The predicted molar refractivity (Wildman–Crippen MR) is 29.1 cm³/mol. The molecule has 0 aromatic rings. The van der Waals surface area contributed by atoms with Crippen LogP contribution in [0.25, 0.3) is 0 Å². The van der Waals surface area contributed by atoms with Crippen molar-refractivity contribution in [2.45, 2.75) is 0 Å². The molecule has 0 saturated carbocycles. The minimum Gasteiger partial charge on any atom is -0.274 e. The van der Waals surface area contributed by atoms with Crippen LogP contribution in [0.1, 0.15) is 0 Å². The zero-order valence-electron chi connectivity index (χ0n) is 3.80. The fraction of sp³-hybridized carbons (Fsp3) is 0.500. The molecule has 4 nitrogen and oxygen atoms in total. The van der Waals surface area contributed by atoms with E-state index in [9.17, 15) is 0 Å². The average Bonchev–Trinajstić information content (AvgIpc) is 1.87. The Morgan fingerprint density at radius 2 is 2.57 bits per heavy atom. The quantitative estimate of drug-likeness (QED) is 0.445. The summed E-state index contributed by atoms with van der Waals surface area (Å²) in [6.07, 6.45) is 0. The van der Waals surface area contributed by atoms with E-state index in [4.69, 9.17) is 0 Å². The molecule has 1 radical (unpaired) electrons. The molecule has 0 atom stereocenters.